The first-order valence-corrected chi connectivity index (χ1v) is 9.75. The lowest BCUT2D eigenvalue weighted by molar-refractivity contribution is -0.148. The van der Waals surface area contributed by atoms with Gasteiger partial charge in [0, 0.05) is 24.8 Å². The Bertz CT molecular complexity index is 496. The van der Waals surface area contributed by atoms with Crippen LogP contribution in [0.25, 0.3) is 0 Å². The minimum atomic E-state index is -0.997. The molecule has 1 atom stereocenters. The van der Waals surface area contributed by atoms with Gasteiger partial charge in [0.25, 0.3) is 0 Å². The van der Waals surface area contributed by atoms with Crippen LogP contribution in [0.4, 0.5) is 4.79 Å². The number of rotatable bonds is 10. The van der Waals surface area contributed by atoms with Gasteiger partial charge in [-0.25, -0.2) is 4.79 Å². The van der Waals surface area contributed by atoms with Crippen LogP contribution in [0, 0.1) is 0 Å². The molecule has 0 radical (unpaired) electrons. The number of carbonyl (C=O) groups excluding carboxylic acids is 3. The summed E-state index contributed by atoms with van der Waals surface area (Å²) in [7, 11) is 0. The Hall–Kier alpha value is -1.36. The predicted molar refractivity (Wildman–Crippen MR) is 100 cm³/mol. The highest BCUT2D eigenvalue weighted by atomic mass is 32.2. The Morgan fingerprint density at radius 1 is 1.15 bits per heavy atom. The Labute approximate surface area is 164 Å². The van der Waals surface area contributed by atoms with Crippen LogP contribution >= 0.6 is 11.8 Å². The number of thioether (sulfide) groups is 1. The molecule has 1 aliphatic heterocycles. The second kappa shape index (κ2) is 12.2. The van der Waals surface area contributed by atoms with Gasteiger partial charge in [-0.05, 0) is 45.0 Å². The lowest BCUT2D eigenvalue weighted by Crippen LogP contribution is -2.48. The molecule has 0 aromatic carbocycles. The summed E-state index contributed by atoms with van der Waals surface area (Å²) in [5.41, 5.74) is 5.94. The molecule has 0 bridgehead atoms. The lowest BCUT2D eigenvalue weighted by Gasteiger charge is -2.28. The number of carbonyl (C=O) groups is 3. The third-order valence-electron chi connectivity index (χ3n) is 4.00. The molecule has 0 saturated carbocycles. The van der Waals surface area contributed by atoms with Gasteiger partial charge >= 0.3 is 17.2 Å². The fourth-order valence-electron chi connectivity index (χ4n) is 2.28. The van der Waals surface area contributed by atoms with Gasteiger partial charge in [0.1, 0.15) is 6.04 Å². The van der Waals surface area contributed by atoms with Crippen LogP contribution in [0.15, 0.2) is 0 Å². The number of esters is 2. The maximum absolute atomic E-state index is 12.1. The van der Waals surface area contributed by atoms with Crippen molar-refractivity contribution in [2.24, 2.45) is 5.73 Å². The van der Waals surface area contributed by atoms with E-state index in [9.17, 15) is 14.4 Å². The van der Waals surface area contributed by atoms with E-state index in [1.807, 2.05) is 0 Å². The zero-order valence-electron chi connectivity index (χ0n) is 16.2. The molecule has 27 heavy (non-hydrogen) atoms. The monoisotopic (exact) mass is 406 g/mol. The molecule has 1 saturated heterocycles. The molecule has 2 N–H and O–H groups in total. The van der Waals surface area contributed by atoms with Gasteiger partial charge in [-0.1, -0.05) is 0 Å². The van der Waals surface area contributed by atoms with Crippen molar-refractivity contribution >= 4 is 29.0 Å². The van der Waals surface area contributed by atoms with E-state index in [-0.39, 0.29) is 6.61 Å². The molecule has 1 rings (SSSR count). The van der Waals surface area contributed by atoms with E-state index in [2.05, 4.69) is 9.64 Å². The van der Waals surface area contributed by atoms with Crippen molar-refractivity contribution in [1.29, 1.82) is 0 Å². The lowest BCUT2D eigenvalue weighted by atomic mass is 10.0. The molecule has 0 aliphatic carbocycles. The number of hydrogen-bond donors (Lipinski definition) is 1. The Morgan fingerprint density at radius 3 is 2.44 bits per heavy atom. The summed E-state index contributed by atoms with van der Waals surface area (Å²) in [6.45, 7) is 8.66. The highest BCUT2D eigenvalue weighted by molar-refractivity contribution is 8.14. The molecule has 9 nitrogen and oxygen atoms in total. The van der Waals surface area contributed by atoms with Crippen LogP contribution in [-0.2, 0) is 28.5 Å². The zero-order valence-corrected chi connectivity index (χ0v) is 17.0. The molecule has 1 heterocycles. The van der Waals surface area contributed by atoms with Crippen molar-refractivity contribution in [2.45, 2.75) is 44.4 Å². The summed E-state index contributed by atoms with van der Waals surface area (Å²) in [6, 6.07) is -0.997. The largest absolute Gasteiger partial charge is 0.464 e. The van der Waals surface area contributed by atoms with Crippen LogP contribution in [0.3, 0.4) is 0 Å². The molecule has 10 heteroatoms. The quantitative estimate of drug-likeness (QED) is 0.321. The summed E-state index contributed by atoms with van der Waals surface area (Å²) in [6.07, 6.45) is 1.66. The van der Waals surface area contributed by atoms with Crippen molar-refractivity contribution < 1.29 is 33.3 Å². The zero-order chi connectivity index (χ0) is 20.3. The van der Waals surface area contributed by atoms with E-state index < -0.39 is 34.8 Å². The molecule has 1 aliphatic rings. The van der Waals surface area contributed by atoms with Gasteiger partial charge in [-0.15, -0.1) is 0 Å². The molecule has 0 aromatic heterocycles. The van der Waals surface area contributed by atoms with Crippen LogP contribution < -0.4 is 5.73 Å². The average Bonchev–Trinajstić information content (AvgIpc) is 2.60. The summed E-state index contributed by atoms with van der Waals surface area (Å²) >= 11 is 0.756. The molecule has 0 aromatic rings. The minimum absolute atomic E-state index is 0.286. The van der Waals surface area contributed by atoms with Crippen LogP contribution in [0.5, 0.6) is 0 Å². The van der Waals surface area contributed by atoms with E-state index in [4.69, 9.17) is 19.9 Å². The molecule has 0 unspecified atom stereocenters. The summed E-state index contributed by atoms with van der Waals surface area (Å²) in [5, 5.41) is -0.685. The first-order valence-electron chi connectivity index (χ1n) is 8.94. The number of nitrogens with zero attached hydrogens (tertiary/aromatic N) is 1. The van der Waals surface area contributed by atoms with Crippen LogP contribution in [0.2, 0.25) is 0 Å². The van der Waals surface area contributed by atoms with Crippen LogP contribution in [-0.4, -0.2) is 79.2 Å². The SMILES string of the molecule is CC(=O)OCOC(=O)SC(C)(C)[C@@H](N)C(=O)OCCCCN1CCOCC1. The number of nitrogens with two attached hydrogens (primary N) is 1. The van der Waals surface area contributed by atoms with E-state index in [1.165, 1.54) is 6.92 Å². The second-order valence-corrected chi connectivity index (χ2v) is 8.25. The van der Waals surface area contributed by atoms with Crippen molar-refractivity contribution in [2.75, 3.05) is 46.2 Å². The maximum Gasteiger partial charge on any atom is 0.370 e. The number of unbranched alkanes of at least 4 members (excludes halogenated alkanes) is 1. The van der Waals surface area contributed by atoms with Gasteiger partial charge < -0.3 is 24.7 Å². The van der Waals surface area contributed by atoms with E-state index in [0.717, 1.165) is 57.5 Å². The maximum atomic E-state index is 12.1. The van der Waals surface area contributed by atoms with Gasteiger partial charge in [0.2, 0.25) is 6.79 Å². The minimum Gasteiger partial charge on any atom is -0.464 e. The Balaban J connectivity index is 2.23. The molecule has 0 spiro atoms. The Kier molecular flexibility index (Phi) is 10.7. The number of hydrogen-bond acceptors (Lipinski definition) is 10. The average molecular weight is 407 g/mol. The summed E-state index contributed by atoms with van der Waals surface area (Å²) in [4.78, 5) is 36.8. The van der Waals surface area contributed by atoms with Crippen LogP contribution in [0.1, 0.15) is 33.6 Å². The van der Waals surface area contributed by atoms with Gasteiger partial charge in [-0.3, -0.25) is 14.5 Å². The topological polar surface area (TPSA) is 117 Å². The van der Waals surface area contributed by atoms with Crippen molar-refractivity contribution in [1.82, 2.24) is 4.90 Å². The molecular weight excluding hydrogens is 376 g/mol. The first kappa shape index (κ1) is 23.7. The van der Waals surface area contributed by atoms with Gasteiger partial charge in [-0.2, -0.15) is 0 Å². The van der Waals surface area contributed by atoms with E-state index >= 15 is 0 Å². The van der Waals surface area contributed by atoms with Gasteiger partial charge in [0.05, 0.1) is 19.8 Å². The number of morpholine rings is 1. The summed E-state index contributed by atoms with van der Waals surface area (Å²) < 4.78 is 18.9. The van der Waals surface area contributed by atoms with Crippen molar-refractivity contribution in [3.05, 3.63) is 0 Å². The Morgan fingerprint density at radius 2 is 1.81 bits per heavy atom. The second-order valence-electron chi connectivity index (χ2n) is 6.66. The van der Waals surface area contributed by atoms with E-state index in [1.54, 1.807) is 13.8 Å². The highest BCUT2D eigenvalue weighted by Crippen LogP contribution is 2.29. The fourth-order valence-corrected chi connectivity index (χ4v) is 3.04. The number of ether oxygens (including phenoxy) is 4. The molecular formula is C17H30N2O7S. The standard InChI is InChI=1S/C17H30N2O7S/c1-13(20)25-12-26-16(22)27-17(2,3)14(18)15(21)24-9-5-4-6-19-7-10-23-11-8-19/h14H,4-12,18H2,1-3H3/t14-/m0/s1. The van der Waals surface area contributed by atoms with Crippen molar-refractivity contribution in [3.63, 3.8) is 0 Å². The van der Waals surface area contributed by atoms with Crippen molar-refractivity contribution in [3.8, 4) is 0 Å². The molecule has 0 amide bonds. The third-order valence-corrected chi connectivity index (χ3v) is 5.07. The molecule has 156 valence electrons. The first-order chi connectivity index (χ1) is 12.7. The molecule has 1 fully saturated rings. The highest BCUT2D eigenvalue weighted by Gasteiger charge is 2.37. The smallest absolute Gasteiger partial charge is 0.370 e. The summed E-state index contributed by atoms with van der Waals surface area (Å²) in [5.74, 6) is -1.12. The van der Waals surface area contributed by atoms with E-state index in [0.29, 0.717) is 0 Å². The van der Waals surface area contributed by atoms with Gasteiger partial charge in [0.15, 0.2) is 0 Å². The fraction of sp³-hybridized carbons (Fsp3) is 0.824. The normalized spacial score (nSPS) is 16.4. The third kappa shape index (κ3) is 9.94. The predicted octanol–water partition coefficient (Wildman–Crippen LogP) is 1.14.